The van der Waals surface area contributed by atoms with Crippen LogP contribution < -0.4 is 10.1 Å². The molecule has 2 N–H and O–H groups in total. The molecule has 3 aromatic rings. The maximum Gasteiger partial charge on any atom is 0.391 e. The lowest BCUT2D eigenvalue weighted by Gasteiger charge is -2.29. The second-order valence-electron chi connectivity index (χ2n) is 10.2. The van der Waals surface area contributed by atoms with Gasteiger partial charge in [-0.3, -0.25) is 9.78 Å². The van der Waals surface area contributed by atoms with Crippen LogP contribution in [0.1, 0.15) is 60.3 Å². The molecule has 1 saturated carbocycles. The number of hydrogen-bond acceptors (Lipinski definition) is 6. The fraction of sp³-hybridized carbons (Fsp3) is 0.448. The van der Waals surface area contributed by atoms with E-state index in [0.29, 0.717) is 52.9 Å². The number of halogens is 3. The molecule has 4 rings (SSSR count). The molecular weight excluding hydrogens is 545 g/mol. The highest BCUT2D eigenvalue weighted by Crippen LogP contribution is 2.40. The van der Waals surface area contributed by atoms with Gasteiger partial charge in [0, 0.05) is 22.7 Å². The van der Waals surface area contributed by atoms with Gasteiger partial charge in [-0.1, -0.05) is 19.1 Å². The van der Waals surface area contributed by atoms with Crippen molar-refractivity contribution in [3.63, 3.8) is 0 Å². The summed E-state index contributed by atoms with van der Waals surface area (Å²) < 4.78 is 69.1. The molecule has 7 nitrogen and oxygen atoms in total. The molecule has 1 aromatic heterocycles. The fourth-order valence-electron chi connectivity index (χ4n) is 5.00. The van der Waals surface area contributed by atoms with Gasteiger partial charge in [-0.2, -0.15) is 13.2 Å². The van der Waals surface area contributed by atoms with E-state index in [4.69, 9.17) is 4.74 Å². The molecule has 1 atom stereocenters. The van der Waals surface area contributed by atoms with Crippen LogP contribution in [0, 0.1) is 18.8 Å². The number of alkyl halides is 3. The van der Waals surface area contributed by atoms with Crippen molar-refractivity contribution in [2.75, 3.05) is 19.0 Å². The topological polar surface area (TPSA) is 106 Å². The van der Waals surface area contributed by atoms with E-state index in [-0.39, 0.29) is 36.0 Å². The third-order valence-corrected chi connectivity index (χ3v) is 9.21. The molecular formula is C29H33F3N2O5S. The number of nitrogens with one attached hydrogen (secondary N) is 1. The van der Waals surface area contributed by atoms with Crippen molar-refractivity contribution in [1.29, 1.82) is 0 Å². The number of fused-ring (bicyclic) bond motifs is 1. The number of carbonyl (C=O) groups excluding carboxylic acids is 1. The number of aliphatic hydroxyl groups excluding tert-OH is 1. The molecule has 1 amide bonds. The number of nitrogens with zero attached hydrogens (tertiary/aromatic N) is 1. The first kappa shape index (κ1) is 29.8. The minimum Gasteiger partial charge on any atom is -0.493 e. The minimum atomic E-state index is -4.14. The largest absolute Gasteiger partial charge is 0.493 e. The molecule has 1 aliphatic rings. The summed E-state index contributed by atoms with van der Waals surface area (Å²) in [4.78, 5) is 17.7. The van der Waals surface area contributed by atoms with Crippen molar-refractivity contribution in [3.8, 4) is 5.75 Å². The van der Waals surface area contributed by atoms with Crippen LogP contribution in [0.15, 0.2) is 53.4 Å². The van der Waals surface area contributed by atoms with E-state index in [1.54, 1.807) is 50.2 Å². The molecule has 1 fully saturated rings. The monoisotopic (exact) mass is 578 g/mol. The molecule has 11 heteroatoms. The second kappa shape index (κ2) is 12.1. The van der Waals surface area contributed by atoms with Crippen LogP contribution in [0.5, 0.6) is 5.75 Å². The summed E-state index contributed by atoms with van der Waals surface area (Å²) in [5, 5.41) is 13.3. The quantitative estimate of drug-likeness (QED) is 0.345. The average molecular weight is 579 g/mol. The maximum absolute atomic E-state index is 13.0. The molecule has 40 heavy (non-hydrogen) atoms. The Morgan fingerprint density at radius 2 is 1.77 bits per heavy atom. The highest BCUT2D eigenvalue weighted by molar-refractivity contribution is 7.91. The van der Waals surface area contributed by atoms with E-state index in [9.17, 15) is 31.5 Å². The van der Waals surface area contributed by atoms with Gasteiger partial charge >= 0.3 is 6.18 Å². The van der Waals surface area contributed by atoms with Gasteiger partial charge in [0.15, 0.2) is 9.84 Å². The normalized spacial score (nSPS) is 18.9. The Balaban J connectivity index is 1.45. The van der Waals surface area contributed by atoms with E-state index in [1.165, 1.54) is 12.1 Å². The van der Waals surface area contributed by atoms with Gasteiger partial charge in [0.2, 0.25) is 0 Å². The summed E-state index contributed by atoms with van der Waals surface area (Å²) in [6.45, 7) is 3.26. The standard InChI is InChI=1S/C29H33F3N2O5S/c1-3-40(37,38)23-11-6-20(7-12-23)26(16-35)34-28(36)21-8-13-24-25(15-21)33-18(2)14-27(24)39-17-19-4-9-22(10-5-19)29(30,31)32/h6-8,11-15,19,22,26,35H,3-5,9-10,16-17H2,1-2H3,(H,34,36)/t19?,22?,26-/m0/s1. The first-order chi connectivity index (χ1) is 18.9. The molecule has 0 unspecified atom stereocenters. The van der Waals surface area contributed by atoms with Crippen LogP contribution in [0.3, 0.4) is 0 Å². The van der Waals surface area contributed by atoms with Crippen LogP contribution in [0.2, 0.25) is 0 Å². The number of aryl methyl sites for hydroxylation is 1. The first-order valence-electron chi connectivity index (χ1n) is 13.3. The summed E-state index contributed by atoms with van der Waals surface area (Å²) in [6, 6.07) is 12.0. The van der Waals surface area contributed by atoms with E-state index >= 15 is 0 Å². The van der Waals surface area contributed by atoms with Gasteiger partial charge in [-0.25, -0.2) is 8.42 Å². The number of aromatic nitrogens is 1. The van der Waals surface area contributed by atoms with Gasteiger partial charge < -0.3 is 15.2 Å². The Bertz CT molecular complexity index is 1450. The van der Waals surface area contributed by atoms with E-state index in [2.05, 4.69) is 10.3 Å². The van der Waals surface area contributed by atoms with E-state index in [0.717, 1.165) is 0 Å². The Kier molecular flexibility index (Phi) is 9.04. The lowest BCUT2D eigenvalue weighted by molar-refractivity contribution is -0.184. The molecule has 0 spiro atoms. The SMILES string of the molecule is CCS(=O)(=O)c1ccc([C@H](CO)NC(=O)c2ccc3c(OCC4CCC(C(F)(F)F)CC4)cc(C)nc3c2)cc1. The smallest absolute Gasteiger partial charge is 0.391 e. The number of pyridine rings is 1. The molecule has 216 valence electrons. The first-order valence-corrected chi connectivity index (χ1v) is 14.9. The molecule has 0 radical (unpaired) electrons. The number of carbonyl (C=O) groups is 1. The number of amides is 1. The number of benzene rings is 2. The zero-order valence-electron chi connectivity index (χ0n) is 22.4. The third kappa shape index (κ3) is 6.93. The van der Waals surface area contributed by atoms with Crippen LogP contribution in [0.4, 0.5) is 13.2 Å². The minimum absolute atomic E-state index is 0.0301. The fourth-order valence-corrected chi connectivity index (χ4v) is 5.88. The van der Waals surface area contributed by atoms with Crippen LogP contribution in [-0.4, -0.2) is 49.6 Å². The van der Waals surface area contributed by atoms with Gasteiger partial charge in [-0.05, 0) is 74.4 Å². The number of sulfone groups is 1. The number of aliphatic hydroxyl groups is 1. The van der Waals surface area contributed by atoms with Crippen LogP contribution in [-0.2, 0) is 9.84 Å². The van der Waals surface area contributed by atoms with Crippen molar-refractivity contribution in [2.45, 2.75) is 56.6 Å². The zero-order valence-corrected chi connectivity index (χ0v) is 23.2. The molecule has 2 aromatic carbocycles. The van der Waals surface area contributed by atoms with Crippen molar-refractivity contribution < 1.29 is 36.2 Å². The molecule has 1 heterocycles. The number of hydrogen-bond donors (Lipinski definition) is 2. The van der Waals surface area contributed by atoms with Crippen LogP contribution in [0.25, 0.3) is 10.9 Å². The van der Waals surface area contributed by atoms with Gasteiger partial charge in [0.1, 0.15) is 5.75 Å². The van der Waals surface area contributed by atoms with Gasteiger partial charge in [0.05, 0.1) is 41.3 Å². The second-order valence-corrected chi connectivity index (χ2v) is 12.5. The zero-order chi connectivity index (χ0) is 29.1. The Morgan fingerprint density at radius 1 is 1.10 bits per heavy atom. The van der Waals surface area contributed by atoms with Crippen molar-refractivity contribution in [1.82, 2.24) is 10.3 Å². The Morgan fingerprint density at radius 3 is 2.38 bits per heavy atom. The summed E-state index contributed by atoms with van der Waals surface area (Å²) in [5.74, 6) is -1.11. The summed E-state index contributed by atoms with van der Waals surface area (Å²) in [7, 11) is -3.37. The summed E-state index contributed by atoms with van der Waals surface area (Å²) in [5.41, 5.74) is 2.06. The van der Waals surface area contributed by atoms with Crippen molar-refractivity contribution >= 4 is 26.6 Å². The predicted octanol–water partition coefficient (Wildman–Crippen LogP) is 5.55. The average Bonchev–Trinajstić information content (AvgIpc) is 2.93. The highest BCUT2D eigenvalue weighted by Gasteiger charge is 2.41. The maximum atomic E-state index is 13.0. The third-order valence-electron chi connectivity index (χ3n) is 7.46. The van der Waals surface area contributed by atoms with Crippen LogP contribution >= 0.6 is 0 Å². The predicted molar refractivity (Wildman–Crippen MR) is 145 cm³/mol. The Labute approximate surface area is 231 Å². The van der Waals surface area contributed by atoms with E-state index < -0.39 is 33.9 Å². The Hall–Kier alpha value is -3.18. The van der Waals surface area contributed by atoms with Gasteiger partial charge in [0.25, 0.3) is 5.91 Å². The number of rotatable bonds is 9. The van der Waals surface area contributed by atoms with E-state index in [1.807, 2.05) is 0 Å². The molecule has 1 aliphatic carbocycles. The molecule has 0 bridgehead atoms. The summed E-state index contributed by atoms with van der Waals surface area (Å²) in [6.07, 6.45) is -3.00. The summed E-state index contributed by atoms with van der Waals surface area (Å²) >= 11 is 0. The molecule has 0 aliphatic heterocycles. The van der Waals surface area contributed by atoms with Crippen molar-refractivity contribution in [3.05, 3.63) is 65.4 Å². The highest BCUT2D eigenvalue weighted by atomic mass is 32.2. The van der Waals surface area contributed by atoms with Crippen molar-refractivity contribution in [2.24, 2.45) is 11.8 Å². The molecule has 0 saturated heterocycles. The van der Waals surface area contributed by atoms with Gasteiger partial charge in [-0.15, -0.1) is 0 Å². The lowest BCUT2D eigenvalue weighted by Crippen LogP contribution is -2.30. The lowest BCUT2D eigenvalue weighted by atomic mass is 9.82. The number of ether oxygens (including phenoxy) is 1.